The van der Waals surface area contributed by atoms with Gasteiger partial charge in [0, 0.05) is 9.35 Å². The molecule has 5 heteroatoms. The molecule has 0 aliphatic rings. The van der Waals surface area contributed by atoms with Crippen molar-refractivity contribution in [3.63, 3.8) is 0 Å². The van der Waals surface area contributed by atoms with E-state index in [1.54, 1.807) is 11.3 Å². The first kappa shape index (κ1) is 9.18. The van der Waals surface area contributed by atoms with E-state index in [-0.39, 0.29) is 0 Å². The molecule has 0 aliphatic heterocycles. The van der Waals surface area contributed by atoms with Gasteiger partial charge in [-0.3, -0.25) is 0 Å². The summed E-state index contributed by atoms with van der Waals surface area (Å²) in [7, 11) is 0. The fraction of sp³-hybridized carbons (Fsp3) is 0.125. The summed E-state index contributed by atoms with van der Waals surface area (Å²) in [5.74, 6) is 0. The van der Waals surface area contributed by atoms with Crippen LogP contribution in [0, 0.1) is 6.92 Å². The highest BCUT2D eigenvalue weighted by atomic mass is 79.9. The van der Waals surface area contributed by atoms with E-state index >= 15 is 0 Å². The van der Waals surface area contributed by atoms with Crippen molar-refractivity contribution >= 4 is 43.7 Å². The molecule has 0 bridgehead atoms. The number of rotatable bonds is 1. The minimum atomic E-state index is 0.632. The first-order chi connectivity index (χ1) is 6.18. The lowest BCUT2D eigenvalue weighted by Gasteiger charge is -1.93. The number of thiazole rings is 1. The molecule has 13 heavy (non-hydrogen) atoms. The van der Waals surface area contributed by atoms with Gasteiger partial charge in [0.25, 0.3) is 0 Å². The van der Waals surface area contributed by atoms with E-state index in [0.29, 0.717) is 5.13 Å². The molecule has 2 aromatic rings. The summed E-state index contributed by atoms with van der Waals surface area (Å²) < 4.78 is 1.09. The fourth-order valence-corrected chi connectivity index (χ4v) is 3.46. The molecule has 0 spiro atoms. The van der Waals surface area contributed by atoms with E-state index < -0.39 is 0 Å². The molecule has 0 aromatic carbocycles. The predicted molar refractivity (Wildman–Crippen MR) is 62.3 cm³/mol. The first-order valence-electron chi connectivity index (χ1n) is 3.64. The standard InChI is InChI=1S/C8H7BrN2S2/c1-4-6(11-8(10)13-4)7-5(9)2-3-12-7/h2-3H,1H3,(H2,10,11). The molecule has 0 unspecified atom stereocenters. The number of aryl methyl sites for hydroxylation is 1. The third kappa shape index (κ3) is 1.63. The van der Waals surface area contributed by atoms with Gasteiger partial charge in [-0.2, -0.15) is 0 Å². The van der Waals surface area contributed by atoms with Crippen LogP contribution in [0.1, 0.15) is 4.88 Å². The van der Waals surface area contributed by atoms with Gasteiger partial charge in [-0.1, -0.05) is 0 Å². The second kappa shape index (κ2) is 3.40. The van der Waals surface area contributed by atoms with E-state index in [2.05, 4.69) is 20.9 Å². The topological polar surface area (TPSA) is 38.9 Å². The molecule has 0 fully saturated rings. The van der Waals surface area contributed by atoms with Gasteiger partial charge in [-0.05, 0) is 34.3 Å². The van der Waals surface area contributed by atoms with Crippen LogP contribution in [0.25, 0.3) is 10.6 Å². The average molecular weight is 275 g/mol. The van der Waals surface area contributed by atoms with Crippen molar-refractivity contribution in [1.29, 1.82) is 0 Å². The van der Waals surface area contributed by atoms with Gasteiger partial charge in [0.05, 0.1) is 10.6 Å². The number of hydrogen-bond acceptors (Lipinski definition) is 4. The smallest absolute Gasteiger partial charge is 0.180 e. The van der Waals surface area contributed by atoms with Crippen molar-refractivity contribution in [2.24, 2.45) is 0 Å². The number of anilines is 1. The van der Waals surface area contributed by atoms with Crippen LogP contribution in [-0.4, -0.2) is 4.98 Å². The van der Waals surface area contributed by atoms with Gasteiger partial charge < -0.3 is 5.73 Å². The number of hydrogen-bond donors (Lipinski definition) is 1. The molecule has 0 saturated heterocycles. The van der Waals surface area contributed by atoms with Crippen LogP contribution in [0.15, 0.2) is 15.9 Å². The second-order valence-electron chi connectivity index (χ2n) is 2.55. The molecule has 0 amide bonds. The van der Waals surface area contributed by atoms with Gasteiger partial charge >= 0.3 is 0 Å². The lowest BCUT2D eigenvalue weighted by atomic mass is 10.3. The SMILES string of the molecule is Cc1sc(N)nc1-c1sccc1Br. The minimum Gasteiger partial charge on any atom is -0.375 e. The van der Waals surface area contributed by atoms with Crippen LogP contribution in [0.5, 0.6) is 0 Å². The molecule has 2 rings (SSSR count). The molecular formula is C8H7BrN2S2. The quantitative estimate of drug-likeness (QED) is 0.864. The molecule has 0 radical (unpaired) electrons. The summed E-state index contributed by atoms with van der Waals surface area (Å²) in [5, 5.41) is 2.67. The minimum absolute atomic E-state index is 0.632. The normalized spacial score (nSPS) is 10.6. The van der Waals surface area contributed by atoms with E-state index in [0.717, 1.165) is 15.0 Å². The van der Waals surface area contributed by atoms with Gasteiger partial charge in [0.1, 0.15) is 0 Å². The molecule has 0 saturated carbocycles. The highest BCUT2D eigenvalue weighted by Crippen LogP contribution is 2.37. The van der Waals surface area contributed by atoms with Crippen LogP contribution < -0.4 is 5.73 Å². The molecule has 0 aliphatic carbocycles. The van der Waals surface area contributed by atoms with Crippen LogP contribution in [-0.2, 0) is 0 Å². The van der Waals surface area contributed by atoms with Gasteiger partial charge in [-0.25, -0.2) is 4.98 Å². The molecule has 2 heterocycles. The Hall–Kier alpha value is -0.390. The Morgan fingerprint density at radius 3 is 2.77 bits per heavy atom. The predicted octanol–water partition coefficient (Wildman–Crippen LogP) is 3.52. The number of halogens is 1. The molecule has 2 nitrogen and oxygen atoms in total. The lowest BCUT2D eigenvalue weighted by molar-refractivity contribution is 1.39. The number of aromatic nitrogens is 1. The highest BCUT2D eigenvalue weighted by Gasteiger charge is 2.11. The maximum atomic E-state index is 5.63. The zero-order chi connectivity index (χ0) is 9.42. The number of thiophene rings is 1. The number of nitrogens with zero attached hydrogens (tertiary/aromatic N) is 1. The van der Waals surface area contributed by atoms with Crippen molar-refractivity contribution in [3.8, 4) is 10.6 Å². The van der Waals surface area contributed by atoms with Crippen molar-refractivity contribution in [2.45, 2.75) is 6.92 Å². The molecule has 2 aromatic heterocycles. The Balaban J connectivity index is 2.58. The lowest BCUT2D eigenvalue weighted by Crippen LogP contribution is -1.81. The van der Waals surface area contributed by atoms with E-state index in [9.17, 15) is 0 Å². The number of nitrogen functional groups attached to an aromatic ring is 1. The highest BCUT2D eigenvalue weighted by molar-refractivity contribution is 9.10. The van der Waals surface area contributed by atoms with E-state index in [1.807, 2.05) is 18.4 Å². The Kier molecular flexibility index (Phi) is 2.40. The van der Waals surface area contributed by atoms with Crippen molar-refractivity contribution in [1.82, 2.24) is 4.98 Å². The van der Waals surface area contributed by atoms with Crippen LogP contribution in [0.3, 0.4) is 0 Å². The largest absolute Gasteiger partial charge is 0.375 e. The van der Waals surface area contributed by atoms with Gasteiger partial charge in [0.15, 0.2) is 5.13 Å². The van der Waals surface area contributed by atoms with Gasteiger partial charge in [0.2, 0.25) is 0 Å². The van der Waals surface area contributed by atoms with E-state index in [1.165, 1.54) is 16.2 Å². The zero-order valence-corrected chi connectivity index (χ0v) is 10.1. The van der Waals surface area contributed by atoms with Crippen molar-refractivity contribution < 1.29 is 0 Å². The zero-order valence-electron chi connectivity index (χ0n) is 6.87. The van der Waals surface area contributed by atoms with Crippen molar-refractivity contribution in [3.05, 3.63) is 20.8 Å². The van der Waals surface area contributed by atoms with E-state index in [4.69, 9.17) is 5.73 Å². The Labute approximate surface area is 92.6 Å². The van der Waals surface area contributed by atoms with Gasteiger partial charge in [-0.15, -0.1) is 22.7 Å². The maximum absolute atomic E-state index is 5.63. The molecule has 68 valence electrons. The van der Waals surface area contributed by atoms with Crippen molar-refractivity contribution in [2.75, 3.05) is 5.73 Å². The molecule has 0 atom stereocenters. The summed E-state index contributed by atoms with van der Waals surface area (Å²) in [6, 6.07) is 2.02. The summed E-state index contributed by atoms with van der Waals surface area (Å²) in [5.41, 5.74) is 6.64. The second-order valence-corrected chi connectivity index (χ2v) is 5.56. The third-order valence-corrected chi connectivity index (χ3v) is 4.29. The monoisotopic (exact) mass is 274 g/mol. The summed E-state index contributed by atoms with van der Waals surface area (Å²) >= 11 is 6.68. The average Bonchev–Trinajstić information content (AvgIpc) is 2.58. The Morgan fingerprint density at radius 2 is 2.31 bits per heavy atom. The fourth-order valence-electron chi connectivity index (χ4n) is 1.09. The summed E-state index contributed by atoms with van der Waals surface area (Å²) in [4.78, 5) is 6.62. The number of nitrogens with two attached hydrogens (primary N) is 1. The molecular weight excluding hydrogens is 268 g/mol. The summed E-state index contributed by atoms with van der Waals surface area (Å²) in [6.07, 6.45) is 0. The molecule has 2 N–H and O–H groups in total. The maximum Gasteiger partial charge on any atom is 0.180 e. The summed E-state index contributed by atoms with van der Waals surface area (Å²) in [6.45, 7) is 2.04. The van der Waals surface area contributed by atoms with Crippen LogP contribution >= 0.6 is 38.6 Å². The third-order valence-electron chi connectivity index (χ3n) is 1.65. The Morgan fingerprint density at radius 1 is 1.54 bits per heavy atom. The van der Waals surface area contributed by atoms with Crippen LogP contribution in [0.4, 0.5) is 5.13 Å². The Bertz CT molecular complexity index is 433. The van der Waals surface area contributed by atoms with Crippen LogP contribution in [0.2, 0.25) is 0 Å². The first-order valence-corrected chi connectivity index (χ1v) is 6.13.